The second kappa shape index (κ2) is 6.30. The average Bonchev–Trinajstić information content (AvgIpc) is 2.44. The first kappa shape index (κ1) is 14.2. The number of anilines is 1. The van der Waals surface area contributed by atoms with E-state index in [-0.39, 0.29) is 12.5 Å². The quantitative estimate of drug-likeness (QED) is 0.900. The Labute approximate surface area is 117 Å². The minimum absolute atomic E-state index is 0.0915. The molecule has 2 aromatic carbocycles. The van der Waals surface area contributed by atoms with E-state index < -0.39 is 5.82 Å². The van der Waals surface area contributed by atoms with Crippen LogP contribution in [0.25, 0.3) is 0 Å². The number of benzene rings is 2. The van der Waals surface area contributed by atoms with Crippen molar-refractivity contribution in [3.63, 3.8) is 0 Å². The fourth-order valence-corrected chi connectivity index (χ4v) is 1.92. The highest BCUT2D eigenvalue weighted by atomic mass is 19.1. The molecular formula is C16H16FNO2. The van der Waals surface area contributed by atoms with Crippen LogP contribution in [0.15, 0.2) is 42.5 Å². The Hall–Kier alpha value is -2.20. The summed E-state index contributed by atoms with van der Waals surface area (Å²) in [7, 11) is 0. The lowest BCUT2D eigenvalue weighted by Crippen LogP contribution is -2.13. The number of aliphatic hydroxyl groups is 1. The molecule has 0 saturated heterocycles. The molecule has 20 heavy (non-hydrogen) atoms. The average molecular weight is 273 g/mol. The third-order valence-electron chi connectivity index (χ3n) is 3.06. The zero-order chi connectivity index (χ0) is 14.5. The number of hydrogen-bond donors (Lipinski definition) is 2. The molecule has 0 unspecified atom stereocenters. The van der Waals surface area contributed by atoms with Crippen LogP contribution in [0.4, 0.5) is 10.1 Å². The number of carbonyl (C=O) groups is 1. The maximum Gasteiger partial charge on any atom is 0.256 e. The molecule has 2 rings (SSSR count). The van der Waals surface area contributed by atoms with Gasteiger partial charge in [-0.3, -0.25) is 4.79 Å². The minimum atomic E-state index is -0.431. The van der Waals surface area contributed by atoms with E-state index in [1.165, 1.54) is 12.1 Å². The van der Waals surface area contributed by atoms with E-state index in [1.54, 1.807) is 25.1 Å². The fraction of sp³-hybridized carbons (Fsp3) is 0.188. The molecule has 0 fully saturated rings. The zero-order valence-electron chi connectivity index (χ0n) is 11.2. The molecule has 0 bridgehead atoms. The monoisotopic (exact) mass is 273 g/mol. The normalized spacial score (nSPS) is 10.3. The van der Waals surface area contributed by atoms with Crippen molar-refractivity contribution in [3.05, 3.63) is 65.0 Å². The number of carbonyl (C=O) groups excluding carboxylic acids is 1. The summed E-state index contributed by atoms with van der Waals surface area (Å²) in [6.07, 6.45) is 0.581. The maximum absolute atomic E-state index is 13.2. The number of halogens is 1. The molecule has 0 spiro atoms. The summed E-state index contributed by atoms with van der Waals surface area (Å²) in [4.78, 5) is 12.1. The van der Waals surface area contributed by atoms with Gasteiger partial charge in [0.2, 0.25) is 0 Å². The molecule has 0 aliphatic rings. The van der Waals surface area contributed by atoms with E-state index >= 15 is 0 Å². The Kier molecular flexibility index (Phi) is 4.48. The third kappa shape index (κ3) is 3.42. The number of hydrogen-bond acceptors (Lipinski definition) is 2. The Morgan fingerprint density at radius 2 is 1.90 bits per heavy atom. The molecule has 4 heteroatoms. The van der Waals surface area contributed by atoms with Crippen molar-refractivity contribution in [2.24, 2.45) is 0 Å². The van der Waals surface area contributed by atoms with Crippen LogP contribution in [0.5, 0.6) is 0 Å². The first-order chi connectivity index (χ1) is 9.60. The number of nitrogens with one attached hydrogen (secondary N) is 1. The van der Waals surface area contributed by atoms with Crippen molar-refractivity contribution in [3.8, 4) is 0 Å². The summed E-state index contributed by atoms with van der Waals surface area (Å²) in [5.41, 5.74) is 2.68. The van der Waals surface area contributed by atoms with Gasteiger partial charge in [0, 0.05) is 17.9 Å². The molecule has 0 saturated carbocycles. The molecule has 3 nitrogen and oxygen atoms in total. The highest BCUT2D eigenvalue weighted by Crippen LogP contribution is 2.15. The topological polar surface area (TPSA) is 49.3 Å². The largest absolute Gasteiger partial charge is 0.396 e. The van der Waals surface area contributed by atoms with Gasteiger partial charge in [-0.25, -0.2) is 4.39 Å². The highest BCUT2D eigenvalue weighted by Gasteiger charge is 2.10. The molecule has 0 atom stereocenters. The molecule has 2 aromatic rings. The molecule has 0 heterocycles. The maximum atomic E-state index is 13.2. The van der Waals surface area contributed by atoms with Crippen LogP contribution < -0.4 is 5.32 Å². The van der Waals surface area contributed by atoms with Crippen molar-refractivity contribution >= 4 is 11.6 Å². The first-order valence-corrected chi connectivity index (χ1v) is 6.37. The molecule has 2 N–H and O–H groups in total. The van der Waals surface area contributed by atoms with Gasteiger partial charge in [-0.05, 0) is 48.7 Å². The molecule has 0 radical (unpaired) electrons. The van der Waals surface area contributed by atoms with Gasteiger partial charge in [-0.1, -0.05) is 18.2 Å². The standard InChI is InChI=1S/C16H16FNO2/c1-11-2-5-13(17)10-15(11)16(20)18-14-6-3-12(4-7-14)8-9-19/h2-7,10,19H,8-9H2,1H3,(H,18,20). The van der Waals surface area contributed by atoms with Gasteiger partial charge in [0.1, 0.15) is 5.82 Å². The first-order valence-electron chi connectivity index (χ1n) is 6.37. The lowest BCUT2D eigenvalue weighted by molar-refractivity contribution is 0.102. The molecule has 0 aromatic heterocycles. The summed E-state index contributed by atoms with van der Waals surface area (Å²) >= 11 is 0. The van der Waals surface area contributed by atoms with Crippen LogP contribution in [0, 0.1) is 12.7 Å². The highest BCUT2D eigenvalue weighted by molar-refractivity contribution is 6.05. The Morgan fingerprint density at radius 1 is 1.20 bits per heavy atom. The van der Waals surface area contributed by atoms with Gasteiger partial charge in [-0.2, -0.15) is 0 Å². The second-order valence-corrected chi connectivity index (χ2v) is 4.58. The molecular weight excluding hydrogens is 257 g/mol. The second-order valence-electron chi connectivity index (χ2n) is 4.58. The summed E-state index contributed by atoms with van der Waals surface area (Å²) in [6, 6.07) is 11.3. The van der Waals surface area contributed by atoms with Crippen LogP contribution in [-0.2, 0) is 6.42 Å². The Morgan fingerprint density at radius 3 is 2.55 bits per heavy atom. The van der Waals surface area contributed by atoms with Crippen LogP contribution >= 0.6 is 0 Å². The summed E-state index contributed by atoms with van der Waals surface area (Å²) in [6.45, 7) is 1.85. The third-order valence-corrected chi connectivity index (χ3v) is 3.06. The predicted molar refractivity (Wildman–Crippen MR) is 76.3 cm³/mol. The zero-order valence-corrected chi connectivity index (χ0v) is 11.2. The predicted octanol–water partition coefficient (Wildman–Crippen LogP) is 2.92. The number of aryl methyl sites for hydroxylation is 1. The summed E-state index contributed by atoms with van der Waals surface area (Å²) in [5, 5.41) is 11.6. The van der Waals surface area contributed by atoms with Crippen LogP contribution in [0.1, 0.15) is 21.5 Å². The van der Waals surface area contributed by atoms with Crippen molar-refractivity contribution < 1.29 is 14.3 Å². The molecule has 0 aliphatic heterocycles. The molecule has 0 aliphatic carbocycles. The summed E-state index contributed by atoms with van der Waals surface area (Å²) < 4.78 is 13.2. The Bertz CT molecular complexity index is 608. The van der Waals surface area contributed by atoms with E-state index in [1.807, 2.05) is 12.1 Å². The number of aliphatic hydroxyl groups excluding tert-OH is 1. The van der Waals surface area contributed by atoms with Crippen molar-refractivity contribution in [1.82, 2.24) is 0 Å². The van der Waals surface area contributed by atoms with E-state index in [9.17, 15) is 9.18 Å². The van der Waals surface area contributed by atoms with Gasteiger partial charge in [0.15, 0.2) is 0 Å². The Balaban J connectivity index is 2.13. The van der Waals surface area contributed by atoms with E-state index in [0.29, 0.717) is 17.7 Å². The number of rotatable bonds is 4. The van der Waals surface area contributed by atoms with Crippen LogP contribution in [-0.4, -0.2) is 17.6 Å². The van der Waals surface area contributed by atoms with Crippen molar-refractivity contribution in [2.45, 2.75) is 13.3 Å². The van der Waals surface area contributed by atoms with Gasteiger partial charge >= 0.3 is 0 Å². The van der Waals surface area contributed by atoms with E-state index in [4.69, 9.17) is 5.11 Å². The summed E-state index contributed by atoms with van der Waals surface area (Å²) in [5.74, 6) is -0.768. The van der Waals surface area contributed by atoms with Crippen LogP contribution in [0.2, 0.25) is 0 Å². The van der Waals surface area contributed by atoms with Gasteiger partial charge in [0.25, 0.3) is 5.91 Å². The van der Waals surface area contributed by atoms with Gasteiger partial charge < -0.3 is 10.4 Å². The van der Waals surface area contributed by atoms with Gasteiger partial charge in [0.05, 0.1) is 0 Å². The minimum Gasteiger partial charge on any atom is -0.396 e. The lowest BCUT2D eigenvalue weighted by Gasteiger charge is -2.08. The van der Waals surface area contributed by atoms with Crippen LogP contribution in [0.3, 0.4) is 0 Å². The molecule has 104 valence electrons. The van der Waals surface area contributed by atoms with Crippen molar-refractivity contribution in [1.29, 1.82) is 0 Å². The fourth-order valence-electron chi connectivity index (χ4n) is 1.92. The SMILES string of the molecule is Cc1ccc(F)cc1C(=O)Nc1ccc(CCO)cc1. The smallest absolute Gasteiger partial charge is 0.256 e. The number of amides is 1. The molecule has 1 amide bonds. The van der Waals surface area contributed by atoms with E-state index in [0.717, 1.165) is 11.1 Å². The van der Waals surface area contributed by atoms with E-state index in [2.05, 4.69) is 5.32 Å². The lowest BCUT2D eigenvalue weighted by atomic mass is 10.1. The van der Waals surface area contributed by atoms with Gasteiger partial charge in [-0.15, -0.1) is 0 Å². The van der Waals surface area contributed by atoms with Crippen molar-refractivity contribution in [2.75, 3.05) is 11.9 Å².